The molecule has 1 aliphatic heterocycles. The minimum atomic E-state index is -3.82. The maximum Gasteiger partial charge on any atom is 0.244 e. The lowest BCUT2D eigenvalue weighted by atomic mass is 10.1. The van der Waals surface area contributed by atoms with Gasteiger partial charge in [0, 0.05) is 23.6 Å². The standard InChI is InChI=1S/C22H26BrN3O6S/c1-4-24-22(28)15(2)25(12-16-6-5-7-17(23)10-16)21(27)13-26(33(3,29)30)18-8-9-19-20(11-18)32-14-31-19/h5-11,15H,4,12-14H2,1-3H3,(H,24,28)/t15-/m0/s1. The van der Waals surface area contributed by atoms with Crippen LogP contribution >= 0.6 is 15.9 Å². The molecule has 0 aliphatic carbocycles. The van der Waals surface area contributed by atoms with Gasteiger partial charge in [0.05, 0.1) is 11.9 Å². The van der Waals surface area contributed by atoms with Gasteiger partial charge in [-0.15, -0.1) is 0 Å². The lowest BCUT2D eigenvalue weighted by Gasteiger charge is -2.31. The third kappa shape index (κ3) is 6.17. The minimum absolute atomic E-state index is 0.0427. The summed E-state index contributed by atoms with van der Waals surface area (Å²) in [5.74, 6) is 0.0570. The van der Waals surface area contributed by atoms with Crippen LogP contribution in [0.3, 0.4) is 0 Å². The molecule has 3 rings (SSSR count). The molecule has 0 saturated carbocycles. The van der Waals surface area contributed by atoms with Crippen LogP contribution in [0.2, 0.25) is 0 Å². The van der Waals surface area contributed by atoms with Crippen molar-refractivity contribution in [3.05, 3.63) is 52.5 Å². The van der Waals surface area contributed by atoms with E-state index < -0.39 is 28.5 Å². The summed E-state index contributed by atoms with van der Waals surface area (Å²) in [6.45, 7) is 3.52. The molecule has 1 atom stereocenters. The summed E-state index contributed by atoms with van der Waals surface area (Å²) in [5, 5.41) is 2.72. The number of carbonyl (C=O) groups is 2. The van der Waals surface area contributed by atoms with Gasteiger partial charge in [-0.2, -0.15) is 0 Å². The molecule has 178 valence electrons. The van der Waals surface area contributed by atoms with Crippen molar-refractivity contribution < 1.29 is 27.5 Å². The lowest BCUT2D eigenvalue weighted by molar-refractivity contribution is -0.139. The SMILES string of the molecule is CCNC(=O)[C@H](C)N(Cc1cccc(Br)c1)C(=O)CN(c1ccc2c(c1)OCO2)S(C)(=O)=O. The molecule has 33 heavy (non-hydrogen) atoms. The summed E-state index contributed by atoms with van der Waals surface area (Å²) < 4.78 is 37.6. The van der Waals surface area contributed by atoms with Crippen LogP contribution < -0.4 is 19.1 Å². The predicted octanol–water partition coefficient (Wildman–Crippen LogP) is 2.50. The largest absolute Gasteiger partial charge is 0.454 e. The molecule has 9 nitrogen and oxygen atoms in total. The molecule has 1 heterocycles. The van der Waals surface area contributed by atoms with E-state index in [1.807, 2.05) is 24.3 Å². The number of hydrogen-bond donors (Lipinski definition) is 1. The number of benzene rings is 2. The van der Waals surface area contributed by atoms with Crippen molar-refractivity contribution in [2.24, 2.45) is 0 Å². The van der Waals surface area contributed by atoms with Crippen LogP contribution in [0, 0.1) is 0 Å². The van der Waals surface area contributed by atoms with E-state index in [4.69, 9.17) is 9.47 Å². The highest BCUT2D eigenvalue weighted by Crippen LogP contribution is 2.36. The average molecular weight is 540 g/mol. The predicted molar refractivity (Wildman–Crippen MR) is 128 cm³/mol. The molecule has 2 amide bonds. The van der Waals surface area contributed by atoms with Crippen LogP contribution in [-0.4, -0.2) is 57.3 Å². The van der Waals surface area contributed by atoms with Gasteiger partial charge in [0.25, 0.3) is 0 Å². The van der Waals surface area contributed by atoms with Crippen molar-refractivity contribution in [3.8, 4) is 11.5 Å². The Morgan fingerprint density at radius 2 is 1.88 bits per heavy atom. The molecule has 0 spiro atoms. The number of anilines is 1. The van der Waals surface area contributed by atoms with Crippen LogP contribution in [0.4, 0.5) is 5.69 Å². The maximum atomic E-state index is 13.4. The van der Waals surface area contributed by atoms with Crippen LogP contribution in [0.25, 0.3) is 0 Å². The Kier molecular flexibility index (Phi) is 7.85. The van der Waals surface area contributed by atoms with Gasteiger partial charge in [0.15, 0.2) is 11.5 Å². The molecular weight excluding hydrogens is 514 g/mol. The van der Waals surface area contributed by atoms with Gasteiger partial charge in [-0.1, -0.05) is 28.1 Å². The van der Waals surface area contributed by atoms with Crippen LogP contribution in [0.15, 0.2) is 46.9 Å². The highest BCUT2D eigenvalue weighted by Gasteiger charge is 2.30. The molecule has 0 unspecified atom stereocenters. The van der Waals surface area contributed by atoms with Crippen molar-refractivity contribution in [1.82, 2.24) is 10.2 Å². The van der Waals surface area contributed by atoms with E-state index in [1.54, 1.807) is 26.0 Å². The number of amides is 2. The van der Waals surface area contributed by atoms with Gasteiger partial charge in [-0.05, 0) is 43.7 Å². The quantitative estimate of drug-likeness (QED) is 0.524. The molecular formula is C22H26BrN3O6S. The Hall–Kier alpha value is -2.79. The monoisotopic (exact) mass is 539 g/mol. The molecule has 0 saturated heterocycles. The molecule has 2 aromatic rings. The van der Waals surface area contributed by atoms with Crippen LogP contribution in [0.1, 0.15) is 19.4 Å². The fraction of sp³-hybridized carbons (Fsp3) is 0.364. The van der Waals surface area contributed by atoms with Crippen LogP contribution in [-0.2, 0) is 26.2 Å². The second-order valence-electron chi connectivity index (χ2n) is 7.53. The Balaban J connectivity index is 1.91. The van der Waals surface area contributed by atoms with Gasteiger partial charge in [-0.25, -0.2) is 8.42 Å². The molecule has 1 aliphatic rings. The van der Waals surface area contributed by atoms with E-state index in [-0.39, 0.29) is 24.9 Å². The molecule has 11 heteroatoms. The Morgan fingerprint density at radius 3 is 2.55 bits per heavy atom. The van der Waals surface area contributed by atoms with E-state index in [2.05, 4.69) is 21.2 Å². The Labute approximate surface area is 201 Å². The number of nitrogens with zero attached hydrogens (tertiary/aromatic N) is 2. The van der Waals surface area contributed by atoms with E-state index in [9.17, 15) is 18.0 Å². The average Bonchev–Trinajstić information content (AvgIpc) is 3.22. The van der Waals surface area contributed by atoms with E-state index in [0.29, 0.717) is 18.0 Å². The zero-order valence-corrected chi connectivity index (χ0v) is 21.0. The number of halogens is 1. The summed E-state index contributed by atoms with van der Waals surface area (Å²) >= 11 is 3.41. The van der Waals surface area contributed by atoms with E-state index in [1.165, 1.54) is 11.0 Å². The van der Waals surface area contributed by atoms with Crippen molar-refractivity contribution in [1.29, 1.82) is 0 Å². The molecule has 0 radical (unpaired) electrons. The normalized spacial score (nSPS) is 13.3. The number of nitrogens with one attached hydrogen (secondary N) is 1. The highest BCUT2D eigenvalue weighted by molar-refractivity contribution is 9.10. The first kappa shape index (κ1) is 24.8. The second kappa shape index (κ2) is 10.4. The third-order valence-electron chi connectivity index (χ3n) is 5.08. The summed E-state index contributed by atoms with van der Waals surface area (Å²) in [7, 11) is -3.82. The molecule has 1 N–H and O–H groups in total. The summed E-state index contributed by atoms with van der Waals surface area (Å²) in [5.41, 5.74) is 1.06. The number of sulfonamides is 1. The van der Waals surface area contributed by atoms with Crippen molar-refractivity contribution >= 4 is 43.5 Å². The van der Waals surface area contributed by atoms with Gasteiger partial charge >= 0.3 is 0 Å². The number of fused-ring (bicyclic) bond motifs is 1. The molecule has 0 aromatic heterocycles. The summed E-state index contributed by atoms with van der Waals surface area (Å²) in [6.07, 6.45) is 1.02. The number of hydrogen-bond acceptors (Lipinski definition) is 6. The summed E-state index contributed by atoms with van der Waals surface area (Å²) in [6, 6.07) is 11.2. The smallest absolute Gasteiger partial charge is 0.244 e. The fourth-order valence-corrected chi connectivity index (χ4v) is 4.68. The molecule has 2 aromatic carbocycles. The van der Waals surface area contributed by atoms with Gasteiger partial charge < -0.3 is 19.7 Å². The second-order valence-corrected chi connectivity index (χ2v) is 10.4. The van der Waals surface area contributed by atoms with E-state index in [0.717, 1.165) is 20.6 Å². The highest BCUT2D eigenvalue weighted by atomic mass is 79.9. The van der Waals surface area contributed by atoms with Crippen molar-refractivity contribution in [2.45, 2.75) is 26.4 Å². The Morgan fingerprint density at radius 1 is 1.15 bits per heavy atom. The fourth-order valence-electron chi connectivity index (χ4n) is 3.39. The zero-order chi connectivity index (χ0) is 24.2. The first-order chi connectivity index (χ1) is 15.6. The number of rotatable bonds is 9. The molecule has 0 bridgehead atoms. The number of carbonyl (C=O) groups excluding carboxylic acids is 2. The maximum absolute atomic E-state index is 13.4. The van der Waals surface area contributed by atoms with Crippen molar-refractivity contribution in [3.63, 3.8) is 0 Å². The zero-order valence-electron chi connectivity index (χ0n) is 18.6. The van der Waals surface area contributed by atoms with Gasteiger partial charge in [0.2, 0.25) is 28.6 Å². The number of ether oxygens (including phenoxy) is 2. The Bertz CT molecular complexity index is 1140. The van der Waals surface area contributed by atoms with Crippen molar-refractivity contribution in [2.75, 3.05) is 30.4 Å². The minimum Gasteiger partial charge on any atom is -0.454 e. The summed E-state index contributed by atoms with van der Waals surface area (Å²) in [4.78, 5) is 27.3. The van der Waals surface area contributed by atoms with E-state index >= 15 is 0 Å². The molecule has 0 fully saturated rings. The lowest BCUT2D eigenvalue weighted by Crippen LogP contribution is -2.51. The first-order valence-corrected chi connectivity index (χ1v) is 12.9. The third-order valence-corrected chi connectivity index (χ3v) is 6.72. The number of likely N-dealkylation sites (N-methyl/N-ethyl adjacent to an activating group) is 1. The van der Waals surface area contributed by atoms with Crippen LogP contribution in [0.5, 0.6) is 11.5 Å². The van der Waals surface area contributed by atoms with Gasteiger partial charge in [0.1, 0.15) is 12.6 Å². The van der Waals surface area contributed by atoms with Gasteiger partial charge in [-0.3, -0.25) is 13.9 Å². The first-order valence-electron chi connectivity index (χ1n) is 10.3. The topological polar surface area (TPSA) is 105 Å².